The first-order valence-corrected chi connectivity index (χ1v) is 7.48. The van der Waals surface area contributed by atoms with Crippen molar-refractivity contribution in [2.75, 3.05) is 5.32 Å². The van der Waals surface area contributed by atoms with Crippen LogP contribution < -0.4 is 11.1 Å². The molecule has 3 N–H and O–H groups in total. The molecule has 0 bridgehead atoms. The largest absolute Gasteiger partial charge is 0.370 e. The molecule has 2 aliphatic rings. The number of aliphatic imine (C=N–C) groups is 1. The molecule has 3 nitrogen and oxygen atoms in total. The molecule has 0 spiro atoms. The van der Waals surface area contributed by atoms with E-state index >= 15 is 0 Å². The zero-order chi connectivity index (χ0) is 13.1. The second-order valence-corrected chi connectivity index (χ2v) is 5.87. The van der Waals surface area contributed by atoms with E-state index in [0.717, 1.165) is 17.5 Å². The Morgan fingerprint density at radius 2 is 1.80 bits per heavy atom. The van der Waals surface area contributed by atoms with Crippen molar-refractivity contribution in [2.24, 2.45) is 22.6 Å². The van der Waals surface area contributed by atoms with Crippen LogP contribution >= 0.6 is 24.0 Å². The fraction of sp³-hybridized carbons (Fsp3) is 0.562. The number of nitrogens with zero attached hydrogens (tertiary/aromatic N) is 1. The number of halogens is 1. The predicted octanol–water partition coefficient (Wildman–Crippen LogP) is 4.00. The summed E-state index contributed by atoms with van der Waals surface area (Å²) < 4.78 is 0. The number of benzene rings is 1. The number of nitrogens with one attached hydrogen (secondary N) is 1. The lowest BCUT2D eigenvalue weighted by molar-refractivity contribution is 0.318. The number of hydrogen-bond acceptors (Lipinski definition) is 1. The third-order valence-electron chi connectivity index (χ3n) is 4.41. The van der Waals surface area contributed by atoms with Gasteiger partial charge in [0, 0.05) is 5.69 Å². The number of rotatable bonds is 3. The summed E-state index contributed by atoms with van der Waals surface area (Å²) in [5, 5.41) is 3.16. The van der Waals surface area contributed by atoms with Crippen LogP contribution in [0.15, 0.2) is 35.3 Å². The average Bonchev–Trinajstić information content (AvgIpc) is 3.20. The zero-order valence-corrected chi connectivity index (χ0v) is 14.1. The summed E-state index contributed by atoms with van der Waals surface area (Å²) in [5.41, 5.74) is 6.99. The van der Waals surface area contributed by atoms with E-state index in [-0.39, 0.29) is 24.0 Å². The molecule has 0 amide bonds. The van der Waals surface area contributed by atoms with Gasteiger partial charge in [-0.3, -0.25) is 0 Å². The molecule has 2 fully saturated rings. The van der Waals surface area contributed by atoms with Gasteiger partial charge in [-0.2, -0.15) is 0 Å². The minimum Gasteiger partial charge on any atom is -0.370 e. The fourth-order valence-electron chi connectivity index (χ4n) is 3.30. The van der Waals surface area contributed by atoms with Gasteiger partial charge in [0.05, 0.1) is 6.04 Å². The van der Waals surface area contributed by atoms with Crippen LogP contribution in [0.5, 0.6) is 0 Å². The maximum atomic E-state index is 5.98. The monoisotopic (exact) mass is 385 g/mol. The molecule has 110 valence electrons. The first-order valence-electron chi connectivity index (χ1n) is 7.48. The maximum absolute atomic E-state index is 5.98. The first kappa shape index (κ1) is 15.6. The molecule has 1 aromatic rings. The molecule has 0 radical (unpaired) electrons. The summed E-state index contributed by atoms with van der Waals surface area (Å²) >= 11 is 0. The summed E-state index contributed by atoms with van der Waals surface area (Å²) in [6.07, 6.45) is 8.30. The SMILES string of the molecule is I.NC(=N[C@@H]1C[C@H]1C1CCCCC1)Nc1ccccc1. The highest BCUT2D eigenvalue weighted by Crippen LogP contribution is 2.46. The molecule has 0 heterocycles. The molecule has 20 heavy (non-hydrogen) atoms. The van der Waals surface area contributed by atoms with Crippen molar-refractivity contribution >= 4 is 35.6 Å². The number of anilines is 1. The highest BCUT2D eigenvalue weighted by molar-refractivity contribution is 14.0. The summed E-state index contributed by atoms with van der Waals surface area (Å²) in [7, 11) is 0. The topological polar surface area (TPSA) is 50.4 Å². The van der Waals surface area contributed by atoms with Gasteiger partial charge in [0.15, 0.2) is 5.96 Å². The Labute approximate surface area is 138 Å². The van der Waals surface area contributed by atoms with Crippen molar-refractivity contribution in [2.45, 2.75) is 44.6 Å². The summed E-state index contributed by atoms with van der Waals surface area (Å²) in [4.78, 5) is 4.62. The maximum Gasteiger partial charge on any atom is 0.193 e. The van der Waals surface area contributed by atoms with Gasteiger partial charge in [0.2, 0.25) is 0 Å². The van der Waals surface area contributed by atoms with Crippen molar-refractivity contribution in [3.63, 3.8) is 0 Å². The molecular formula is C16H24IN3. The van der Waals surface area contributed by atoms with E-state index in [0.29, 0.717) is 12.0 Å². The summed E-state index contributed by atoms with van der Waals surface area (Å²) in [6, 6.07) is 10.5. The lowest BCUT2D eigenvalue weighted by Gasteiger charge is -2.21. The summed E-state index contributed by atoms with van der Waals surface area (Å²) in [5.74, 6) is 2.28. The van der Waals surface area contributed by atoms with Crippen molar-refractivity contribution in [1.82, 2.24) is 0 Å². The van der Waals surface area contributed by atoms with E-state index < -0.39 is 0 Å². The standard InChI is InChI=1S/C16H23N3.HI/c17-16(18-13-9-5-2-6-10-13)19-15-11-14(15)12-7-3-1-4-8-12;/h2,5-6,9-10,12,14-15H,1,3-4,7-8,11H2,(H3,17,18,19);1H/t14-,15+;/m0./s1. The van der Waals surface area contributed by atoms with Gasteiger partial charge in [-0.25, -0.2) is 4.99 Å². The Hall–Kier alpha value is -0.780. The smallest absolute Gasteiger partial charge is 0.193 e. The van der Waals surface area contributed by atoms with Gasteiger partial charge in [0.25, 0.3) is 0 Å². The van der Waals surface area contributed by atoms with Gasteiger partial charge in [-0.05, 0) is 30.4 Å². The average molecular weight is 385 g/mol. The Bertz CT molecular complexity index is 440. The van der Waals surface area contributed by atoms with Gasteiger partial charge >= 0.3 is 0 Å². The van der Waals surface area contributed by atoms with E-state index in [4.69, 9.17) is 5.73 Å². The van der Waals surface area contributed by atoms with Gasteiger partial charge in [-0.15, -0.1) is 24.0 Å². The fourth-order valence-corrected chi connectivity index (χ4v) is 3.30. The highest BCUT2D eigenvalue weighted by Gasteiger charge is 2.43. The molecule has 1 aromatic carbocycles. The predicted molar refractivity (Wildman–Crippen MR) is 95.6 cm³/mol. The van der Waals surface area contributed by atoms with Gasteiger partial charge in [0.1, 0.15) is 0 Å². The van der Waals surface area contributed by atoms with Crippen molar-refractivity contribution in [3.05, 3.63) is 30.3 Å². The molecule has 0 aromatic heterocycles. The lowest BCUT2D eigenvalue weighted by atomic mass is 9.85. The van der Waals surface area contributed by atoms with Gasteiger partial charge < -0.3 is 11.1 Å². The second-order valence-electron chi connectivity index (χ2n) is 5.87. The Morgan fingerprint density at radius 1 is 1.10 bits per heavy atom. The number of nitrogens with two attached hydrogens (primary N) is 1. The van der Waals surface area contributed by atoms with E-state index in [2.05, 4.69) is 10.3 Å². The van der Waals surface area contributed by atoms with E-state index in [1.807, 2.05) is 30.3 Å². The quantitative estimate of drug-likeness (QED) is 0.470. The Balaban J connectivity index is 0.00000147. The third-order valence-corrected chi connectivity index (χ3v) is 4.41. The molecule has 0 aliphatic heterocycles. The zero-order valence-electron chi connectivity index (χ0n) is 11.8. The van der Waals surface area contributed by atoms with Crippen LogP contribution in [0.3, 0.4) is 0 Å². The first-order chi connectivity index (χ1) is 9.33. The minimum absolute atomic E-state index is 0. The van der Waals surface area contributed by atoms with E-state index in [1.165, 1.54) is 38.5 Å². The lowest BCUT2D eigenvalue weighted by Crippen LogP contribution is -2.23. The molecule has 0 saturated heterocycles. The molecule has 2 aliphatic carbocycles. The van der Waals surface area contributed by atoms with Crippen LogP contribution in [0.4, 0.5) is 5.69 Å². The highest BCUT2D eigenvalue weighted by atomic mass is 127. The molecule has 0 unspecified atom stereocenters. The van der Waals surface area contributed by atoms with Crippen molar-refractivity contribution in [3.8, 4) is 0 Å². The number of para-hydroxylation sites is 1. The number of hydrogen-bond donors (Lipinski definition) is 2. The van der Waals surface area contributed by atoms with Crippen LogP contribution in [0.1, 0.15) is 38.5 Å². The Kier molecular flexibility index (Phi) is 5.69. The van der Waals surface area contributed by atoms with Crippen LogP contribution in [0.2, 0.25) is 0 Å². The minimum atomic E-state index is 0. The van der Waals surface area contributed by atoms with Crippen LogP contribution in [-0.4, -0.2) is 12.0 Å². The molecule has 3 rings (SSSR count). The van der Waals surface area contributed by atoms with Crippen molar-refractivity contribution < 1.29 is 0 Å². The third kappa shape index (κ3) is 4.11. The van der Waals surface area contributed by atoms with Crippen molar-refractivity contribution in [1.29, 1.82) is 0 Å². The van der Waals surface area contributed by atoms with Crippen LogP contribution in [-0.2, 0) is 0 Å². The van der Waals surface area contributed by atoms with E-state index in [9.17, 15) is 0 Å². The Morgan fingerprint density at radius 3 is 2.50 bits per heavy atom. The van der Waals surface area contributed by atoms with Gasteiger partial charge in [-0.1, -0.05) is 50.3 Å². The normalized spacial score (nSPS) is 26.7. The number of guanidine groups is 1. The molecule has 2 saturated carbocycles. The van der Waals surface area contributed by atoms with E-state index in [1.54, 1.807) is 0 Å². The van der Waals surface area contributed by atoms with Crippen LogP contribution in [0, 0.1) is 11.8 Å². The molecule has 4 heteroatoms. The second kappa shape index (κ2) is 7.29. The molecular weight excluding hydrogens is 361 g/mol. The van der Waals surface area contributed by atoms with Crippen LogP contribution in [0.25, 0.3) is 0 Å². The summed E-state index contributed by atoms with van der Waals surface area (Å²) in [6.45, 7) is 0. The molecule has 2 atom stereocenters.